The molecule has 2 atom stereocenters. The predicted octanol–water partition coefficient (Wildman–Crippen LogP) is 5.65. The van der Waals surface area contributed by atoms with Gasteiger partial charge in [0.25, 0.3) is 0 Å². The van der Waals surface area contributed by atoms with Gasteiger partial charge in [0.2, 0.25) is 0 Å². The van der Waals surface area contributed by atoms with Gasteiger partial charge in [0, 0.05) is 5.92 Å². The first kappa shape index (κ1) is 19.4. The molecule has 1 nitrogen and oxygen atoms in total. The summed E-state index contributed by atoms with van der Waals surface area (Å²) >= 11 is 0. The molecule has 0 saturated heterocycles. The van der Waals surface area contributed by atoms with Crippen molar-refractivity contribution in [3.63, 3.8) is 0 Å². The molecule has 0 fully saturated rings. The van der Waals surface area contributed by atoms with Gasteiger partial charge in [-0.25, -0.2) is 0 Å². The van der Waals surface area contributed by atoms with Crippen molar-refractivity contribution < 1.29 is 0 Å². The van der Waals surface area contributed by atoms with Crippen molar-refractivity contribution in [1.82, 2.24) is 5.32 Å². The number of fused-ring (bicyclic) bond motifs is 1. The van der Waals surface area contributed by atoms with Crippen LogP contribution >= 0.6 is 0 Å². The van der Waals surface area contributed by atoms with Crippen LogP contribution < -0.4 is 5.32 Å². The summed E-state index contributed by atoms with van der Waals surface area (Å²) < 4.78 is 0. The van der Waals surface area contributed by atoms with Crippen LogP contribution in [0.3, 0.4) is 0 Å². The highest BCUT2D eigenvalue weighted by Gasteiger charge is 2.26. The third-order valence-electron chi connectivity index (χ3n) is 4.36. The number of rotatable bonds is 5. The van der Waals surface area contributed by atoms with Gasteiger partial charge in [-0.15, -0.1) is 6.58 Å². The molecule has 0 aromatic heterocycles. The van der Waals surface area contributed by atoms with E-state index in [1.165, 1.54) is 23.1 Å². The van der Waals surface area contributed by atoms with Crippen molar-refractivity contribution in [3.8, 4) is 0 Å². The summed E-state index contributed by atoms with van der Waals surface area (Å²) in [6, 6.07) is 8.87. The number of hydrogen-bond donors (Lipinski definition) is 1. The molecule has 1 aromatic rings. The first-order chi connectivity index (χ1) is 11.3. The fourth-order valence-corrected chi connectivity index (χ4v) is 3.27. The van der Waals surface area contributed by atoms with Crippen LogP contribution in [0.2, 0.25) is 0 Å². The Morgan fingerprint density at radius 3 is 2.65 bits per heavy atom. The van der Waals surface area contributed by atoms with E-state index in [0.29, 0.717) is 11.8 Å². The first-order valence-corrected chi connectivity index (χ1v) is 9.00. The summed E-state index contributed by atoms with van der Waals surface area (Å²) in [6.45, 7) is 11.2. The van der Waals surface area contributed by atoms with E-state index in [9.17, 15) is 0 Å². The third-order valence-corrected chi connectivity index (χ3v) is 4.36. The number of aryl methyl sites for hydroxylation is 1. The molecule has 0 bridgehead atoms. The molecular formula is C22H33N. The number of nitrogens with one attached hydrogen (secondary N) is 1. The van der Waals surface area contributed by atoms with Gasteiger partial charge in [0.1, 0.15) is 0 Å². The molecule has 1 aromatic carbocycles. The number of allylic oxidation sites excluding steroid dienone is 4. The monoisotopic (exact) mass is 311 g/mol. The van der Waals surface area contributed by atoms with Gasteiger partial charge < -0.3 is 5.32 Å². The van der Waals surface area contributed by atoms with Gasteiger partial charge >= 0.3 is 0 Å². The van der Waals surface area contributed by atoms with Crippen molar-refractivity contribution in [1.29, 1.82) is 0 Å². The van der Waals surface area contributed by atoms with Crippen LogP contribution in [0.5, 0.6) is 0 Å². The lowest BCUT2D eigenvalue weighted by Gasteiger charge is -2.22. The van der Waals surface area contributed by atoms with Crippen molar-refractivity contribution in [2.75, 3.05) is 13.6 Å². The Hall–Kier alpha value is -1.60. The lowest BCUT2D eigenvalue weighted by atomic mass is 9.82. The van der Waals surface area contributed by atoms with E-state index >= 15 is 0 Å². The van der Waals surface area contributed by atoms with Gasteiger partial charge in [-0.2, -0.15) is 0 Å². The second-order valence-corrected chi connectivity index (χ2v) is 5.70. The summed E-state index contributed by atoms with van der Waals surface area (Å²) in [5, 5.41) is 3.24. The maximum atomic E-state index is 4.08. The van der Waals surface area contributed by atoms with E-state index in [1.807, 2.05) is 20.9 Å². The molecule has 0 heterocycles. The zero-order valence-corrected chi connectivity index (χ0v) is 15.3. The second kappa shape index (κ2) is 11.0. The molecule has 0 spiro atoms. The van der Waals surface area contributed by atoms with E-state index < -0.39 is 0 Å². The largest absolute Gasteiger partial charge is 0.319 e. The third kappa shape index (κ3) is 5.21. The average Bonchev–Trinajstić information content (AvgIpc) is 2.75. The number of hydrogen-bond acceptors (Lipinski definition) is 1. The molecule has 0 aliphatic heterocycles. The van der Waals surface area contributed by atoms with Crippen LogP contribution in [0, 0.1) is 11.8 Å². The minimum absolute atomic E-state index is 0.452. The Labute approximate surface area is 143 Å². The first-order valence-electron chi connectivity index (χ1n) is 9.00. The summed E-state index contributed by atoms with van der Waals surface area (Å²) in [4.78, 5) is 0. The fourth-order valence-electron chi connectivity index (χ4n) is 3.27. The zero-order valence-electron chi connectivity index (χ0n) is 15.3. The van der Waals surface area contributed by atoms with E-state index in [4.69, 9.17) is 0 Å². The minimum Gasteiger partial charge on any atom is -0.319 e. The summed E-state index contributed by atoms with van der Waals surface area (Å²) in [6.07, 6.45) is 12.5. The Kier molecular flexibility index (Phi) is 9.31. The van der Waals surface area contributed by atoms with Crippen molar-refractivity contribution in [2.45, 2.75) is 40.0 Å². The Balaban J connectivity index is 0.00000127. The zero-order chi connectivity index (χ0) is 17.1. The topological polar surface area (TPSA) is 12.0 Å². The second-order valence-electron chi connectivity index (χ2n) is 5.70. The normalized spacial score (nSPS) is 22.2. The molecule has 2 rings (SSSR count). The molecule has 0 radical (unpaired) electrons. The van der Waals surface area contributed by atoms with Crippen LogP contribution in [0.15, 0.2) is 55.1 Å². The van der Waals surface area contributed by atoms with Crippen LogP contribution in [-0.4, -0.2) is 13.6 Å². The smallest absolute Gasteiger partial charge is 0.00835 e. The molecule has 1 aliphatic carbocycles. The minimum atomic E-state index is 0.452. The summed E-state index contributed by atoms with van der Waals surface area (Å²) in [5.41, 5.74) is 4.38. The molecule has 1 heteroatoms. The van der Waals surface area contributed by atoms with E-state index in [0.717, 1.165) is 19.4 Å². The van der Waals surface area contributed by atoms with Gasteiger partial charge in [-0.05, 0) is 62.4 Å². The SMILES string of the molecule is C=CC1CCc2ccccc2/C(=C\CCNC)C1/C=C\C.CC. The molecule has 2 unspecified atom stereocenters. The highest BCUT2D eigenvalue weighted by atomic mass is 14.8. The molecule has 1 aliphatic rings. The van der Waals surface area contributed by atoms with E-state index in [2.05, 4.69) is 67.4 Å². The quantitative estimate of drug-likeness (QED) is 0.421. The van der Waals surface area contributed by atoms with Crippen LogP contribution in [0.25, 0.3) is 5.57 Å². The molecule has 0 saturated carbocycles. The van der Waals surface area contributed by atoms with Gasteiger partial charge in [-0.1, -0.05) is 62.4 Å². The summed E-state index contributed by atoms with van der Waals surface area (Å²) in [7, 11) is 2.01. The summed E-state index contributed by atoms with van der Waals surface area (Å²) in [5.74, 6) is 0.974. The highest BCUT2D eigenvalue weighted by molar-refractivity contribution is 5.72. The number of benzene rings is 1. The predicted molar refractivity (Wildman–Crippen MR) is 105 cm³/mol. The standard InChI is InChI=1S/C20H27N.C2H6/c1-4-9-18-16(5-2)13-14-17-10-6-7-11-19(17)20(18)12-8-15-21-3;1-2/h4-7,9-12,16,18,21H,2,8,13-15H2,1,3H3;1-2H3/b9-4-,20-12-;. The Morgan fingerprint density at radius 2 is 2.00 bits per heavy atom. The molecular weight excluding hydrogens is 278 g/mol. The average molecular weight is 312 g/mol. The van der Waals surface area contributed by atoms with Crippen LogP contribution in [0.1, 0.15) is 44.7 Å². The van der Waals surface area contributed by atoms with Gasteiger partial charge in [0.15, 0.2) is 0 Å². The molecule has 23 heavy (non-hydrogen) atoms. The Bertz CT molecular complexity index is 525. The van der Waals surface area contributed by atoms with E-state index in [-0.39, 0.29) is 0 Å². The van der Waals surface area contributed by atoms with E-state index in [1.54, 1.807) is 0 Å². The van der Waals surface area contributed by atoms with Gasteiger partial charge in [-0.3, -0.25) is 0 Å². The van der Waals surface area contributed by atoms with Crippen molar-refractivity contribution >= 4 is 5.57 Å². The highest BCUT2D eigenvalue weighted by Crippen LogP contribution is 2.39. The Morgan fingerprint density at radius 1 is 1.26 bits per heavy atom. The maximum absolute atomic E-state index is 4.08. The van der Waals surface area contributed by atoms with Crippen LogP contribution in [0.4, 0.5) is 0 Å². The maximum Gasteiger partial charge on any atom is 0.00835 e. The molecule has 0 amide bonds. The van der Waals surface area contributed by atoms with Crippen LogP contribution in [-0.2, 0) is 6.42 Å². The lowest BCUT2D eigenvalue weighted by molar-refractivity contribution is 0.534. The van der Waals surface area contributed by atoms with Crippen molar-refractivity contribution in [2.24, 2.45) is 11.8 Å². The molecule has 126 valence electrons. The molecule has 1 N–H and O–H groups in total. The van der Waals surface area contributed by atoms with Gasteiger partial charge in [0.05, 0.1) is 0 Å². The van der Waals surface area contributed by atoms with Crippen molar-refractivity contribution in [3.05, 3.63) is 66.3 Å². The lowest BCUT2D eigenvalue weighted by Crippen LogP contribution is -2.12. The fraction of sp³-hybridized carbons (Fsp3) is 0.455.